The van der Waals surface area contributed by atoms with E-state index in [1.807, 2.05) is 54.7 Å². The van der Waals surface area contributed by atoms with Gasteiger partial charge in [-0.15, -0.1) is 0 Å². The number of benzene rings is 2. The van der Waals surface area contributed by atoms with Crippen LogP contribution in [-0.2, 0) is 16.0 Å². The highest BCUT2D eigenvalue weighted by Crippen LogP contribution is 2.18. The van der Waals surface area contributed by atoms with E-state index in [0.29, 0.717) is 13.1 Å². The predicted octanol–water partition coefficient (Wildman–Crippen LogP) is 3.24. The van der Waals surface area contributed by atoms with Crippen molar-refractivity contribution < 1.29 is 9.59 Å². The molecule has 1 aliphatic heterocycles. The molecule has 1 aromatic heterocycles. The van der Waals surface area contributed by atoms with Crippen LogP contribution in [0.1, 0.15) is 30.4 Å². The number of hydrogen-bond donors (Lipinski definition) is 2. The maximum absolute atomic E-state index is 12.4. The van der Waals surface area contributed by atoms with Gasteiger partial charge < -0.3 is 10.3 Å². The number of amides is 2. The third-order valence-electron chi connectivity index (χ3n) is 5.15. The number of hydrazone groups is 1. The van der Waals surface area contributed by atoms with E-state index in [-0.39, 0.29) is 24.7 Å². The lowest BCUT2D eigenvalue weighted by atomic mass is 10.1. The van der Waals surface area contributed by atoms with E-state index in [0.717, 1.165) is 29.6 Å². The van der Waals surface area contributed by atoms with Crippen molar-refractivity contribution in [1.82, 2.24) is 15.3 Å². The summed E-state index contributed by atoms with van der Waals surface area (Å²) in [5, 5.41) is 10.00. The SMILES string of the molecule is O=C(CCC(=O)N1CCC(c2ccccc2)=N1)NCCc1c[nH]c2ccccc12. The monoisotopic (exact) mass is 388 g/mol. The molecule has 0 unspecified atom stereocenters. The van der Waals surface area contributed by atoms with Crippen LogP contribution in [0.3, 0.4) is 0 Å². The quantitative estimate of drug-likeness (QED) is 0.652. The number of aromatic amines is 1. The molecule has 0 spiro atoms. The summed E-state index contributed by atoms with van der Waals surface area (Å²) < 4.78 is 0. The van der Waals surface area contributed by atoms with Crippen molar-refractivity contribution >= 4 is 28.4 Å². The molecule has 2 N–H and O–H groups in total. The fourth-order valence-corrected chi connectivity index (χ4v) is 3.58. The molecule has 0 saturated carbocycles. The minimum atomic E-state index is -0.109. The van der Waals surface area contributed by atoms with Crippen LogP contribution in [0.2, 0.25) is 0 Å². The van der Waals surface area contributed by atoms with Gasteiger partial charge >= 0.3 is 0 Å². The van der Waals surface area contributed by atoms with E-state index >= 15 is 0 Å². The molecule has 0 atom stereocenters. The molecular formula is C23H24N4O2. The Morgan fingerprint density at radius 1 is 1.03 bits per heavy atom. The predicted molar refractivity (Wildman–Crippen MR) is 114 cm³/mol. The summed E-state index contributed by atoms with van der Waals surface area (Å²) >= 11 is 0. The van der Waals surface area contributed by atoms with E-state index in [2.05, 4.69) is 21.5 Å². The van der Waals surface area contributed by atoms with Crippen molar-refractivity contribution in [3.8, 4) is 0 Å². The second kappa shape index (κ2) is 8.73. The normalized spacial score (nSPS) is 13.5. The summed E-state index contributed by atoms with van der Waals surface area (Å²) in [5.74, 6) is -0.215. The second-order valence-electron chi connectivity index (χ2n) is 7.14. The molecule has 2 amide bonds. The van der Waals surface area contributed by atoms with E-state index in [9.17, 15) is 9.59 Å². The minimum Gasteiger partial charge on any atom is -0.361 e. The van der Waals surface area contributed by atoms with E-state index in [4.69, 9.17) is 0 Å². The fourth-order valence-electron chi connectivity index (χ4n) is 3.58. The molecule has 0 fully saturated rings. The van der Waals surface area contributed by atoms with Gasteiger partial charge in [-0.3, -0.25) is 9.59 Å². The zero-order valence-electron chi connectivity index (χ0n) is 16.2. The second-order valence-corrected chi connectivity index (χ2v) is 7.14. The highest BCUT2D eigenvalue weighted by Gasteiger charge is 2.21. The maximum Gasteiger partial charge on any atom is 0.243 e. The third kappa shape index (κ3) is 4.54. The standard InChI is InChI=1S/C23H24N4O2/c28-22(24-14-12-18-16-25-21-9-5-4-8-19(18)21)10-11-23(29)27-15-13-20(26-27)17-6-2-1-3-7-17/h1-9,16,25H,10-15H2,(H,24,28). The number of fused-ring (bicyclic) bond motifs is 1. The smallest absolute Gasteiger partial charge is 0.243 e. The number of para-hydroxylation sites is 1. The van der Waals surface area contributed by atoms with Crippen LogP contribution in [0.25, 0.3) is 10.9 Å². The molecule has 0 bridgehead atoms. The van der Waals surface area contributed by atoms with Crippen molar-refractivity contribution in [2.75, 3.05) is 13.1 Å². The number of nitrogens with zero attached hydrogens (tertiary/aromatic N) is 2. The van der Waals surface area contributed by atoms with Gasteiger partial charge in [0.15, 0.2) is 0 Å². The van der Waals surface area contributed by atoms with Crippen LogP contribution < -0.4 is 5.32 Å². The molecule has 6 nitrogen and oxygen atoms in total. The van der Waals surface area contributed by atoms with Gasteiger partial charge in [-0.1, -0.05) is 48.5 Å². The molecule has 0 saturated heterocycles. The molecular weight excluding hydrogens is 364 g/mol. The number of carbonyl (C=O) groups excluding carboxylic acids is 2. The average Bonchev–Trinajstić information content (AvgIpc) is 3.41. The van der Waals surface area contributed by atoms with Crippen molar-refractivity contribution in [1.29, 1.82) is 0 Å². The van der Waals surface area contributed by atoms with Crippen LogP contribution >= 0.6 is 0 Å². The lowest BCUT2D eigenvalue weighted by molar-refractivity contribution is -0.133. The number of H-pyrrole nitrogens is 1. The molecule has 0 aliphatic carbocycles. The van der Waals surface area contributed by atoms with E-state index in [1.165, 1.54) is 16.0 Å². The van der Waals surface area contributed by atoms with Gasteiger partial charge in [0.1, 0.15) is 0 Å². The fraction of sp³-hybridized carbons (Fsp3) is 0.261. The largest absolute Gasteiger partial charge is 0.361 e. The van der Waals surface area contributed by atoms with Crippen molar-refractivity contribution in [3.05, 3.63) is 71.9 Å². The van der Waals surface area contributed by atoms with Crippen LogP contribution in [0.15, 0.2) is 65.9 Å². The first-order chi connectivity index (χ1) is 14.2. The first-order valence-electron chi connectivity index (χ1n) is 9.95. The number of rotatable bonds is 7. The summed E-state index contributed by atoms with van der Waals surface area (Å²) in [6, 6.07) is 18.0. The summed E-state index contributed by atoms with van der Waals surface area (Å²) in [6.07, 6.45) is 3.83. The Balaban J connectivity index is 1.21. The number of aromatic nitrogens is 1. The number of nitrogens with one attached hydrogen (secondary N) is 2. The van der Waals surface area contributed by atoms with Crippen LogP contribution in [0.4, 0.5) is 0 Å². The lowest BCUT2D eigenvalue weighted by Crippen LogP contribution is -2.29. The molecule has 3 aromatic rings. The first-order valence-corrected chi connectivity index (χ1v) is 9.95. The molecule has 1 aliphatic rings. The average molecular weight is 388 g/mol. The third-order valence-corrected chi connectivity index (χ3v) is 5.15. The van der Waals surface area contributed by atoms with Gasteiger partial charge in [0.25, 0.3) is 0 Å². The molecule has 4 rings (SSSR count). The molecule has 29 heavy (non-hydrogen) atoms. The lowest BCUT2D eigenvalue weighted by Gasteiger charge is -2.11. The van der Waals surface area contributed by atoms with Crippen LogP contribution in [-0.4, -0.2) is 40.6 Å². The van der Waals surface area contributed by atoms with Crippen LogP contribution in [0.5, 0.6) is 0 Å². The Kier molecular flexibility index (Phi) is 5.70. The molecule has 2 heterocycles. The number of hydrogen-bond acceptors (Lipinski definition) is 3. The highest BCUT2D eigenvalue weighted by atomic mass is 16.2. The Hall–Kier alpha value is -3.41. The summed E-state index contributed by atoms with van der Waals surface area (Å²) in [5.41, 5.74) is 4.23. The molecule has 0 radical (unpaired) electrons. The van der Waals surface area contributed by atoms with Gasteiger partial charge in [-0.2, -0.15) is 5.10 Å². The zero-order valence-corrected chi connectivity index (χ0v) is 16.2. The van der Waals surface area contributed by atoms with Crippen molar-refractivity contribution in [3.63, 3.8) is 0 Å². The summed E-state index contributed by atoms with van der Waals surface area (Å²) in [4.78, 5) is 27.7. The summed E-state index contributed by atoms with van der Waals surface area (Å²) in [7, 11) is 0. The van der Waals surface area contributed by atoms with Gasteiger partial charge in [0.2, 0.25) is 11.8 Å². The Morgan fingerprint density at radius 3 is 2.69 bits per heavy atom. The number of carbonyl (C=O) groups is 2. The van der Waals surface area contributed by atoms with Gasteiger partial charge in [0.05, 0.1) is 12.3 Å². The minimum absolute atomic E-state index is 0.107. The molecule has 2 aromatic carbocycles. The Morgan fingerprint density at radius 2 is 1.83 bits per heavy atom. The first kappa shape index (κ1) is 18.9. The van der Waals surface area contributed by atoms with Gasteiger partial charge in [-0.05, 0) is 23.6 Å². The maximum atomic E-state index is 12.4. The Labute approximate surface area is 169 Å². The van der Waals surface area contributed by atoms with E-state index < -0.39 is 0 Å². The highest BCUT2D eigenvalue weighted by molar-refractivity contribution is 6.02. The summed E-state index contributed by atoms with van der Waals surface area (Å²) in [6.45, 7) is 1.13. The van der Waals surface area contributed by atoms with E-state index in [1.54, 1.807) is 0 Å². The van der Waals surface area contributed by atoms with Gasteiger partial charge in [-0.25, -0.2) is 5.01 Å². The molecule has 148 valence electrons. The topological polar surface area (TPSA) is 77.6 Å². The molecule has 6 heteroatoms. The van der Waals surface area contributed by atoms with Crippen LogP contribution in [0, 0.1) is 0 Å². The van der Waals surface area contributed by atoms with Crippen molar-refractivity contribution in [2.24, 2.45) is 5.10 Å². The van der Waals surface area contributed by atoms with Gasteiger partial charge in [0, 0.05) is 42.9 Å². The zero-order chi connectivity index (χ0) is 20.1. The van der Waals surface area contributed by atoms with Crippen molar-refractivity contribution in [2.45, 2.75) is 25.7 Å². The Bertz CT molecular complexity index is 1040.